The van der Waals surface area contributed by atoms with Gasteiger partial charge in [-0.05, 0) is 42.8 Å². The first-order valence-electron chi connectivity index (χ1n) is 8.79. The lowest BCUT2D eigenvalue weighted by molar-refractivity contribution is -0.139. The molecule has 7 nitrogen and oxygen atoms in total. The van der Waals surface area contributed by atoms with Crippen LogP contribution in [0.5, 0.6) is 17.2 Å². The summed E-state index contributed by atoms with van der Waals surface area (Å²) < 4.78 is 16.1. The monoisotopic (exact) mass is 385 g/mol. The minimum atomic E-state index is -1.04. The van der Waals surface area contributed by atoms with Gasteiger partial charge >= 0.3 is 5.97 Å². The fourth-order valence-electron chi connectivity index (χ4n) is 2.31. The molecule has 0 aromatic heterocycles. The molecular formula is C21H23NO6. The van der Waals surface area contributed by atoms with Crippen molar-refractivity contribution >= 4 is 17.8 Å². The van der Waals surface area contributed by atoms with Gasteiger partial charge in [-0.2, -0.15) is 0 Å². The molecule has 0 saturated heterocycles. The zero-order valence-corrected chi connectivity index (χ0v) is 15.6. The first-order chi connectivity index (χ1) is 13.5. The van der Waals surface area contributed by atoms with E-state index in [9.17, 15) is 9.59 Å². The molecule has 0 heterocycles. The quantitative estimate of drug-likeness (QED) is 0.452. The Bertz CT molecular complexity index is 829. The summed E-state index contributed by atoms with van der Waals surface area (Å²) in [6.45, 7) is 2.64. The van der Waals surface area contributed by atoms with Crippen molar-refractivity contribution in [2.24, 2.45) is 5.73 Å². The smallest absolute Gasteiger partial charge is 0.341 e. The van der Waals surface area contributed by atoms with Gasteiger partial charge in [0.15, 0.2) is 12.4 Å². The lowest BCUT2D eigenvalue weighted by Gasteiger charge is -2.10. The van der Waals surface area contributed by atoms with E-state index in [4.69, 9.17) is 25.1 Å². The number of carboxylic acid groups (broad SMARTS) is 1. The van der Waals surface area contributed by atoms with Crippen LogP contribution in [0.15, 0.2) is 48.5 Å². The Morgan fingerprint density at radius 2 is 1.68 bits per heavy atom. The second kappa shape index (κ2) is 10.7. The minimum absolute atomic E-state index is 0.203. The molecule has 2 aromatic carbocycles. The van der Waals surface area contributed by atoms with Gasteiger partial charge in [0.25, 0.3) is 0 Å². The van der Waals surface area contributed by atoms with Crippen LogP contribution in [-0.2, 0) is 4.79 Å². The predicted octanol–water partition coefficient (Wildman–Crippen LogP) is 2.78. The van der Waals surface area contributed by atoms with Crippen molar-refractivity contribution in [3.05, 3.63) is 59.7 Å². The second-order valence-electron chi connectivity index (χ2n) is 5.71. The van der Waals surface area contributed by atoms with Crippen molar-refractivity contribution in [3.63, 3.8) is 0 Å². The van der Waals surface area contributed by atoms with Crippen molar-refractivity contribution < 1.29 is 28.9 Å². The highest BCUT2D eigenvalue weighted by Gasteiger charge is 2.08. The highest BCUT2D eigenvalue weighted by molar-refractivity contribution is 6.07. The van der Waals surface area contributed by atoms with Crippen molar-refractivity contribution in [2.75, 3.05) is 26.4 Å². The van der Waals surface area contributed by atoms with E-state index in [-0.39, 0.29) is 5.78 Å². The molecule has 0 unspecified atom stereocenters. The summed E-state index contributed by atoms with van der Waals surface area (Å²) in [4.78, 5) is 23.0. The summed E-state index contributed by atoms with van der Waals surface area (Å²) in [5.41, 5.74) is 6.67. The highest BCUT2D eigenvalue weighted by atomic mass is 16.5. The van der Waals surface area contributed by atoms with E-state index in [1.54, 1.807) is 48.5 Å². The van der Waals surface area contributed by atoms with Crippen LogP contribution >= 0.6 is 0 Å². The number of ketones is 1. The zero-order valence-electron chi connectivity index (χ0n) is 15.6. The zero-order chi connectivity index (χ0) is 20.4. The molecule has 0 radical (unpaired) electrons. The van der Waals surface area contributed by atoms with Gasteiger partial charge in [0.1, 0.15) is 23.9 Å². The number of nitrogens with two attached hydrogens (primary N) is 1. The van der Waals surface area contributed by atoms with E-state index < -0.39 is 12.6 Å². The van der Waals surface area contributed by atoms with Gasteiger partial charge in [-0.1, -0.05) is 18.2 Å². The van der Waals surface area contributed by atoms with Gasteiger partial charge < -0.3 is 25.1 Å². The molecule has 2 aromatic rings. The number of hydrogen-bond donors (Lipinski definition) is 2. The van der Waals surface area contributed by atoms with Crippen LogP contribution in [0.25, 0.3) is 6.08 Å². The number of ether oxygens (including phenoxy) is 3. The van der Waals surface area contributed by atoms with Crippen molar-refractivity contribution in [2.45, 2.75) is 6.92 Å². The molecule has 0 aliphatic carbocycles. The minimum Gasteiger partial charge on any atom is -0.494 e. The van der Waals surface area contributed by atoms with Gasteiger partial charge in [0, 0.05) is 18.2 Å². The maximum absolute atomic E-state index is 12.5. The summed E-state index contributed by atoms with van der Waals surface area (Å²) in [7, 11) is 0. The van der Waals surface area contributed by atoms with Crippen molar-refractivity contribution in [1.82, 2.24) is 0 Å². The maximum Gasteiger partial charge on any atom is 0.341 e. The highest BCUT2D eigenvalue weighted by Crippen LogP contribution is 2.24. The van der Waals surface area contributed by atoms with Gasteiger partial charge in [-0.25, -0.2) is 4.79 Å². The molecule has 148 valence electrons. The molecule has 0 saturated carbocycles. The Kier molecular flexibility index (Phi) is 8.05. The molecule has 0 aliphatic rings. The number of carboxylic acids is 1. The Morgan fingerprint density at radius 1 is 1.00 bits per heavy atom. The molecule has 0 spiro atoms. The molecule has 0 bridgehead atoms. The lowest BCUT2D eigenvalue weighted by atomic mass is 10.1. The topological polar surface area (TPSA) is 108 Å². The van der Waals surface area contributed by atoms with Crippen LogP contribution in [0.4, 0.5) is 0 Å². The van der Waals surface area contributed by atoms with Crippen molar-refractivity contribution in [1.29, 1.82) is 0 Å². The van der Waals surface area contributed by atoms with Gasteiger partial charge in [0.05, 0.1) is 6.61 Å². The fraction of sp³-hybridized carbons (Fsp3) is 0.238. The lowest BCUT2D eigenvalue weighted by Crippen LogP contribution is -2.11. The van der Waals surface area contributed by atoms with Crippen LogP contribution < -0.4 is 19.9 Å². The number of carbonyl (C=O) groups is 2. The summed E-state index contributed by atoms with van der Waals surface area (Å²) >= 11 is 0. The second-order valence-corrected chi connectivity index (χ2v) is 5.71. The standard InChI is InChI=1S/C21H23NO6/c1-2-26-18-11-16(12-19(13-18)27-10-9-22)20(23)8-5-15-3-6-17(7-4-15)28-14-21(24)25/h3-8,11-13H,2,9-10,14,22H2,1H3,(H,24,25). The van der Waals surface area contributed by atoms with E-state index in [0.29, 0.717) is 42.6 Å². The molecule has 2 rings (SSSR count). The number of allylic oxidation sites excluding steroid dienone is 1. The SMILES string of the molecule is CCOc1cc(OCCN)cc(C(=O)C=Cc2ccc(OCC(=O)O)cc2)c1. The third kappa shape index (κ3) is 6.77. The van der Waals surface area contributed by atoms with Gasteiger partial charge in [0.2, 0.25) is 0 Å². The first-order valence-corrected chi connectivity index (χ1v) is 8.79. The van der Waals surface area contributed by atoms with E-state index in [1.807, 2.05) is 6.92 Å². The Morgan fingerprint density at radius 3 is 2.29 bits per heavy atom. The molecular weight excluding hydrogens is 362 g/mol. The van der Waals surface area contributed by atoms with Gasteiger partial charge in [-0.15, -0.1) is 0 Å². The number of carbonyl (C=O) groups excluding carboxylic acids is 1. The third-order valence-corrected chi connectivity index (χ3v) is 3.53. The molecule has 0 aliphatic heterocycles. The number of benzene rings is 2. The van der Waals surface area contributed by atoms with Gasteiger partial charge in [-0.3, -0.25) is 4.79 Å². The average Bonchev–Trinajstić information content (AvgIpc) is 2.69. The summed E-state index contributed by atoms with van der Waals surface area (Å²) in [6, 6.07) is 11.8. The van der Waals surface area contributed by atoms with Crippen molar-refractivity contribution in [3.8, 4) is 17.2 Å². The average molecular weight is 385 g/mol. The van der Waals surface area contributed by atoms with E-state index in [2.05, 4.69) is 0 Å². The van der Waals surface area contributed by atoms with E-state index in [0.717, 1.165) is 5.56 Å². The van der Waals surface area contributed by atoms with Crippen LogP contribution in [0.2, 0.25) is 0 Å². The van der Waals surface area contributed by atoms with Crippen LogP contribution in [0.3, 0.4) is 0 Å². The number of hydrogen-bond acceptors (Lipinski definition) is 6. The molecule has 0 fully saturated rings. The Hall–Kier alpha value is -3.32. The Labute approximate surface area is 163 Å². The molecule has 0 amide bonds. The molecule has 3 N–H and O–H groups in total. The normalized spacial score (nSPS) is 10.6. The largest absolute Gasteiger partial charge is 0.494 e. The molecule has 7 heteroatoms. The molecule has 0 atom stereocenters. The predicted molar refractivity (Wildman–Crippen MR) is 105 cm³/mol. The summed E-state index contributed by atoms with van der Waals surface area (Å²) in [6.07, 6.45) is 3.11. The number of rotatable bonds is 11. The third-order valence-electron chi connectivity index (χ3n) is 3.53. The molecule has 28 heavy (non-hydrogen) atoms. The summed E-state index contributed by atoms with van der Waals surface area (Å²) in [5.74, 6) is 0.266. The first kappa shape index (κ1) is 21.0. The maximum atomic E-state index is 12.5. The Balaban J connectivity index is 2.10. The van der Waals surface area contributed by atoms with Crippen LogP contribution in [0, 0.1) is 0 Å². The van der Waals surface area contributed by atoms with E-state index in [1.165, 1.54) is 6.08 Å². The number of aliphatic carboxylic acids is 1. The van der Waals surface area contributed by atoms with Crippen LogP contribution in [0.1, 0.15) is 22.8 Å². The van der Waals surface area contributed by atoms with Crippen LogP contribution in [-0.4, -0.2) is 43.2 Å². The summed E-state index contributed by atoms with van der Waals surface area (Å²) in [5, 5.41) is 8.61. The van der Waals surface area contributed by atoms with E-state index >= 15 is 0 Å². The fourth-order valence-corrected chi connectivity index (χ4v) is 2.31.